The van der Waals surface area contributed by atoms with Crippen LogP contribution in [0.25, 0.3) is 0 Å². The van der Waals surface area contributed by atoms with Crippen LogP contribution in [0.5, 0.6) is 11.5 Å². The lowest BCUT2D eigenvalue weighted by atomic mass is 9.84. The molecule has 6 heterocycles. The fourth-order valence-electron chi connectivity index (χ4n) is 11.3. The second-order valence-corrected chi connectivity index (χ2v) is 35.9. The van der Waals surface area contributed by atoms with Crippen LogP contribution in [0.15, 0.2) is 116 Å². The molecule has 144 heavy (non-hydrogen) atoms. The number of hydrogen-bond acceptors (Lipinski definition) is 29. The molecule has 2 aliphatic rings. The monoisotopic (exact) mass is 2020 g/mol. The molecule has 0 aliphatic carbocycles. The van der Waals surface area contributed by atoms with Gasteiger partial charge in [0.25, 0.3) is 0 Å². The Bertz CT molecular complexity index is 6700. The number of benzene rings is 2. The number of ketones is 4. The number of aromatic nitrogens is 4. The summed E-state index contributed by atoms with van der Waals surface area (Å²) in [5.74, 6) is 46.7. The van der Waals surface area contributed by atoms with Gasteiger partial charge in [0.15, 0.2) is 39.6 Å². The van der Waals surface area contributed by atoms with Crippen molar-refractivity contribution in [2.75, 3.05) is 18.8 Å². The number of Topliss-reactive ketones (excluding diaryl/α,β-unsaturated/α-hetero) is 4. The Balaban J connectivity index is 0.00000109. The molecule has 6 atom stereocenters. The predicted octanol–water partition coefficient (Wildman–Crippen LogP) is 6.74. The van der Waals surface area contributed by atoms with E-state index in [1.165, 1.54) is 57.6 Å². The van der Waals surface area contributed by atoms with Crippen molar-refractivity contribution < 1.29 is 110 Å². The van der Waals surface area contributed by atoms with Gasteiger partial charge in [0, 0.05) is 157 Å². The number of aryl methyl sites for hydroxylation is 2. The van der Waals surface area contributed by atoms with E-state index in [1.807, 2.05) is 60.7 Å². The molecule has 39 heteroatoms. The summed E-state index contributed by atoms with van der Waals surface area (Å²) in [6, 6.07) is 19.5. The van der Waals surface area contributed by atoms with Crippen molar-refractivity contribution in [3.05, 3.63) is 155 Å². The number of aromatic amines is 2. The third kappa shape index (κ3) is 45.7. The minimum absolute atomic E-state index is 0. The van der Waals surface area contributed by atoms with Crippen LogP contribution in [-0.2, 0) is 115 Å². The Morgan fingerprint density at radius 1 is 0.576 bits per heavy atom. The Morgan fingerprint density at radius 3 is 1.40 bits per heavy atom. The SMILES string of the molecule is C.C.C.C#CC#CC#CC#CC#CC#CC#CC#CC#CC#CC#CC#CC#C.C[C@H](CC(=O)CCc1cc(=O)c(O)c[nH]1)C(=O)NC[C@@H]1[C@H](CC(=O)/C(=N\OC(C)(C)C(=O)O)c2csc(N)n2)C(=O)N1S(=O)(=O)O.C[C@H](CC(=O)CCc1cc(=O)c(OCc2ccccc2)c[nH]1)C(=O)NC[C@H]1NC(=O)[C@H]1CC(=O)/C(=N\OC(C)(C)C(=O)OC(C)(C)C)c1csc(CC(=O)OC(C)(C)C)n1.O.OCc1ccccc1. The Kier molecular flexibility index (Phi) is 54.0. The number of nitrogens with two attached hydrogens (primary N) is 1. The van der Waals surface area contributed by atoms with E-state index in [2.05, 4.69) is 188 Å². The standard InChI is InChI=1S/C43H55N5O11S.C26H32N6O12S2.C26H2.C7H8O.3CH4.H2O/c1-25(17-28(49)16-15-27-18-32(50)34(22-44-27)56-23-26-13-11-10-12-14-26)38(53)45-21-30-29(39(54)47-30)19-33(51)37(48-59-43(8,9)40(55)58-42(5,6)7)31-24-60-35(46-31)20-36(52)57-41(2,3)4;1-12(6-14(33)5-4-13-7-18(34)20(36)10-28-13)22(37)29-9-17-15(23(38)32(17)46(41,42)43)8-19(35)21(16-11-45-25(27)30-16)31-44-26(2,3)24(39)40;1-3-5-7-9-11-13-15-17-19-21-23-25-26-24-22-20-18-16-14-12-10-8-6-4-2;8-6-7-4-2-1-3-5-7;;;;/h10-14,18,22,24-25,29-30H,15-17,19-21,23H2,1-9H3,(H,44,50)(H,45,53)(H,47,54);7,10-12,15,17,36H,4-6,8-9H2,1-3H3,(H2,27,30)(H,28,34)(H,29,37)(H,39,40)(H,41,42,43);1-2H;1-5,8H,6H2;3*1H4;1H2/b48-37-;31-21-;;;;;;/t25-,29+,30-;12-,15+,17-;;;;;;/m11....../s1. The summed E-state index contributed by atoms with van der Waals surface area (Å²) in [6.45, 7) is 18.4. The number of anilines is 1. The van der Waals surface area contributed by atoms with E-state index in [0.717, 1.165) is 46.1 Å². The molecule has 754 valence electrons. The number of nitrogens with zero attached hydrogens (tertiary/aromatic N) is 5. The summed E-state index contributed by atoms with van der Waals surface area (Å²) in [6.07, 6.45) is 11.4. The van der Waals surface area contributed by atoms with Crippen LogP contribution < -0.4 is 37.3 Å². The lowest BCUT2D eigenvalue weighted by Gasteiger charge is -2.44. The number of carbonyl (C=O) groups is 11. The van der Waals surface area contributed by atoms with E-state index in [0.29, 0.717) is 16.4 Å². The highest BCUT2D eigenvalue weighted by atomic mass is 32.2. The minimum Gasteiger partial charge on any atom is -0.503 e. The van der Waals surface area contributed by atoms with Gasteiger partial charge in [0.05, 0.1) is 36.9 Å². The van der Waals surface area contributed by atoms with E-state index >= 15 is 0 Å². The van der Waals surface area contributed by atoms with Crippen LogP contribution >= 0.6 is 22.7 Å². The molecule has 2 saturated heterocycles. The predicted molar refractivity (Wildman–Crippen MR) is 542 cm³/mol. The number of ether oxygens (including phenoxy) is 3. The average molecular weight is 2020 g/mol. The molecular weight excluding hydrogens is 1910 g/mol. The van der Waals surface area contributed by atoms with Crippen molar-refractivity contribution in [1.82, 2.24) is 40.2 Å². The van der Waals surface area contributed by atoms with Gasteiger partial charge in [0.2, 0.25) is 45.7 Å². The number of aromatic hydroxyl groups is 1. The van der Waals surface area contributed by atoms with Gasteiger partial charge in [-0.2, -0.15) is 8.42 Å². The van der Waals surface area contributed by atoms with Crippen LogP contribution in [0, 0.1) is 179 Å². The average Bonchev–Trinajstić information content (AvgIpc) is 0.873. The number of H-pyrrole nitrogens is 2. The number of pyridine rings is 2. The van der Waals surface area contributed by atoms with E-state index in [-0.39, 0.29) is 148 Å². The van der Waals surface area contributed by atoms with Crippen molar-refractivity contribution >= 4 is 114 Å². The highest BCUT2D eigenvalue weighted by Gasteiger charge is 2.54. The summed E-state index contributed by atoms with van der Waals surface area (Å²) < 4.78 is 50.0. The smallest absolute Gasteiger partial charge is 0.362 e. The number of β-lactam (4-membered cyclic amide) rings is 2. The number of rotatable bonds is 37. The molecule has 2 aliphatic heterocycles. The highest BCUT2D eigenvalue weighted by molar-refractivity contribution is 7.84. The van der Waals surface area contributed by atoms with Crippen LogP contribution in [0.1, 0.15) is 183 Å². The summed E-state index contributed by atoms with van der Waals surface area (Å²) in [5.41, 5.74) is 1.75. The molecular formula is C105H111N11O25S3. The van der Waals surface area contributed by atoms with Gasteiger partial charge in [-0.15, -0.1) is 35.5 Å². The molecule has 13 N–H and O–H groups in total. The Labute approximate surface area is 845 Å². The number of terminal acetylenes is 2. The van der Waals surface area contributed by atoms with E-state index in [9.17, 15) is 85.5 Å². The maximum Gasteiger partial charge on any atom is 0.362 e. The van der Waals surface area contributed by atoms with Gasteiger partial charge in [-0.1, -0.05) is 107 Å². The van der Waals surface area contributed by atoms with Crippen LogP contribution in [-0.4, -0.2) is 182 Å². The molecule has 36 nitrogen and oxygen atoms in total. The second-order valence-electron chi connectivity index (χ2n) is 32.7. The molecule has 2 aromatic carbocycles. The minimum atomic E-state index is -5.09. The number of oxime groups is 2. The maximum absolute atomic E-state index is 13.8. The van der Waals surface area contributed by atoms with E-state index < -0.39 is 151 Å². The normalized spacial score (nSPS) is 13.5. The number of thiazole rings is 2. The Hall–Kier alpha value is -17.0. The van der Waals surface area contributed by atoms with Gasteiger partial charge < -0.3 is 76.3 Å². The summed E-state index contributed by atoms with van der Waals surface area (Å²) in [5, 5.41) is 46.0. The number of amides is 4. The number of aliphatic hydroxyl groups excluding tert-OH is 1. The van der Waals surface area contributed by atoms with Gasteiger partial charge in [0.1, 0.15) is 45.8 Å². The highest BCUT2D eigenvalue weighted by Crippen LogP contribution is 2.34. The second kappa shape index (κ2) is 62.2. The van der Waals surface area contributed by atoms with Gasteiger partial charge in [-0.05, 0) is 188 Å². The van der Waals surface area contributed by atoms with E-state index in [4.69, 9.17) is 47.6 Å². The third-order valence-electron chi connectivity index (χ3n) is 18.3. The van der Waals surface area contributed by atoms with E-state index in [1.54, 1.807) is 48.5 Å². The third-order valence-corrected chi connectivity index (χ3v) is 20.8. The zero-order chi connectivity index (χ0) is 104. The summed E-state index contributed by atoms with van der Waals surface area (Å²) in [7, 11) is -5.09. The fraction of sp³-hybridized carbons (Fsp3) is 0.362. The first-order valence-electron chi connectivity index (χ1n) is 42.1. The molecule has 4 amide bonds. The quantitative estimate of drug-likeness (QED) is 0.00482. The molecule has 0 unspecified atom stereocenters. The fourth-order valence-corrected chi connectivity index (χ4v) is 13.5. The van der Waals surface area contributed by atoms with Crippen molar-refractivity contribution in [3.63, 3.8) is 0 Å². The van der Waals surface area contributed by atoms with Crippen LogP contribution in [0.3, 0.4) is 0 Å². The zero-order valence-corrected chi connectivity index (χ0v) is 81.0. The van der Waals surface area contributed by atoms with Crippen molar-refractivity contribution in [3.8, 4) is 166 Å². The van der Waals surface area contributed by atoms with Crippen LogP contribution in [0.4, 0.5) is 5.13 Å². The Morgan fingerprint density at radius 2 is 0.993 bits per heavy atom. The number of aliphatic hydroxyl groups is 1. The molecule has 0 saturated carbocycles. The number of nitrogens with one attached hydrogen (secondary N) is 5. The molecule has 6 aromatic rings. The molecule has 0 spiro atoms. The lowest BCUT2D eigenvalue weighted by molar-refractivity contribution is -0.179. The molecule has 0 bridgehead atoms. The first-order valence-corrected chi connectivity index (χ1v) is 45.3. The number of aliphatic carboxylic acids is 1. The number of nitrogen functional groups attached to an aromatic ring is 1. The number of carbonyl (C=O) groups excluding carboxylic acids is 10. The van der Waals surface area contributed by atoms with Gasteiger partial charge in [-0.3, -0.25) is 57.3 Å². The first kappa shape index (κ1) is 125. The molecule has 0 radical (unpaired) electrons. The number of esters is 2. The maximum atomic E-state index is 13.8. The summed E-state index contributed by atoms with van der Waals surface area (Å²) >= 11 is 2.03. The largest absolute Gasteiger partial charge is 0.503 e. The number of carboxylic acid groups (broad SMARTS) is 1. The molecule has 2 fully saturated rings. The molecule has 4 aromatic heterocycles. The van der Waals surface area contributed by atoms with Gasteiger partial charge >= 0.3 is 28.2 Å². The summed E-state index contributed by atoms with van der Waals surface area (Å²) in [4.78, 5) is 189. The first-order chi connectivity index (χ1) is 66.1. The van der Waals surface area contributed by atoms with Crippen molar-refractivity contribution in [1.29, 1.82) is 0 Å². The number of carboxylic acids is 1. The topological polar surface area (TPSA) is 562 Å². The molecule has 8 rings (SSSR count). The zero-order valence-electron chi connectivity index (χ0n) is 78.5. The van der Waals surface area contributed by atoms with Crippen molar-refractivity contribution in [2.45, 2.75) is 211 Å². The van der Waals surface area contributed by atoms with Gasteiger partial charge in [-0.25, -0.2) is 23.9 Å². The van der Waals surface area contributed by atoms with Crippen molar-refractivity contribution in [2.24, 2.45) is 34.0 Å². The van der Waals surface area contributed by atoms with Crippen LogP contribution in [0.2, 0.25) is 0 Å². The number of hydrogen-bond donors (Lipinski definition) is 10. The lowest BCUT2D eigenvalue weighted by Crippen LogP contribution is -2.66.